The monoisotopic (exact) mass is 259 g/mol. The molecule has 0 aliphatic heterocycles. The van der Waals surface area contributed by atoms with Crippen molar-refractivity contribution < 1.29 is 8.78 Å². The Balaban J connectivity index is 1.88. The van der Waals surface area contributed by atoms with Crippen molar-refractivity contribution in [1.82, 2.24) is 0 Å². The number of rotatable bonds is 2. The van der Waals surface area contributed by atoms with E-state index in [0.29, 0.717) is 5.69 Å². The zero-order valence-electron chi connectivity index (χ0n) is 10.7. The van der Waals surface area contributed by atoms with E-state index in [9.17, 15) is 8.78 Å². The van der Waals surface area contributed by atoms with Crippen molar-refractivity contribution in [2.24, 2.45) is 0 Å². The Kier molecular flexibility index (Phi) is 2.97. The highest BCUT2D eigenvalue weighted by atomic mass is 19.1. The van der Waals surface area contributed by atoms with Gasteiger partial charge in [-0.3, -0.25) is 0 Å². The zero-order valence-corrected chi connectivity index (χ0v) is 10.7. The van der Waals surface area contributed by atoms with E-state index in [2.05, 4.69) is 5.32 Å². The van der Waals surface area contributed by atoms with Crippen molar-refractivity contribution in [2.45, 2.75) is 25.8 Å². The van der Waals surface area contributed by atoms with Crippen LogP contribution in [0, 0.1) is 18.6 Å². The molecule has 98 valence electrons. The molecule has 1 aliphatic carbocycles. The van der Waals surface area contributed by atoms with Gasteiger partial charge in [0, 0.05) is 0 Å². The molecule has 0 aromatic heterocycles. The number of anilines is 1. The van der Waals surface area contributed by atoms with Gasteiger partial charge < -0.3 is 5.32 Å². The number of hydrogen-bond donors (Lipinski definition) is 1. The predicted molar refractivity (Wildman–Crippen MR) is 72.2 cm³/mol. The lowest BCUT2D eigenvalue weighted by Gasteiger charge is -2.16. The summed E-state index contributed by atoms with van der Waals surface area (Å²) in [6.45, 7) is 1.93. The standard InChI is InChI=1S/C16H15F2N/c1-10-2-6-14(18)16(8-10)19-15-7-3-11-9-12(17)4-5-13(11)15/h2,4-6,8-9,15,19H,3,7H2,1H3. The Bertz CT molecular complexity index is 622. The lowest BCUT2D eigenvalue weighted by Crippen LogP contribution is -2.08. The van der Waals surface area contributed by atoms with Gasteiger partial charge in [0.25, 0.3) is 0 Å². The molecule has 2 aromatic carbocycles. The molecule has 0 heterocycles. The quantitative estimate of drug-likeness (QED) is 0.844. The maximum atomic E-state index is 13.7. The molecule has 0 amide bonds. The minimum Gasteiger partial charge on any atom is -0.376 e. The first kappa shape index (κ1) is 12.2. The Hall–Kier alpha value is -1.90. The van der Waals surface area contributed by atoms with Crippen molar-refractivity contribution >= 4 is 5.69 Å². The van der Waals surface area contributed by atoms with Crippen molar-refractivity contribution in [3.8, 4) is 0 Å². The summed E-state index contributed by atoms with van der Waals surface area (Å²) in [6.07, 6.45) is 1.70. The van der Waals surface area contributed by atoms with Crippen LogP contribution in [0.3, 0.4) is 0 Å². The molecule has 0 saturated carbocycles. The first-order chi connectivity index (χ1) is 9.13. The molecular weight excluding hydrogens is 244 g/mol. The summed E-state index contributed by atoms with van der Waals surface area (Å²) in [7, 11) is 0. The van der Waals surface area contributed by atoms with Crippen LogP contribution in [0.25, 0.3) is 0 Å². The van der Waals surface area contributed by atoms with Crippen LogP contribution in [0.2, 0.25) is 0 Å². The predicted octanol–water partition coefficient (Wildman–Crippen LogP) is 4.37. The summed E-state index contributed by atoms with van der Waals surface area (Å²) in [5.74, 6) is -0.456. The molecule has 19 heavy (non-hydrogen) atoms. The highest BCUT2D eigenvalue weighted by Crippen LogP contribution is 2.34. The second-order valence-electron chi connectivity index (χ2n) is 5.06. The van der Waals surface area contributed by atoms with E-state index in [4.69, 9.17) is 0 Å². The normalized spacial score (nSPS) is 17.3. The molecule has 1 unspecified atom stereocenters. The number of aryl methyl sites for hydroxylation is 2. The fraction of sp³-hybridized carbons (Fsp3) is 0.250. The largest absolute Gasteiger partial charge is 0.376 e. The molecule has 1 nitrogen and oxygen atoms in total. The Morgan fingerprint density at radius 3 is 2.79 bits per heavy atom. The second-order valence-corrected chi connectivity index (χ2v) is 5.06. The minimum absolute atomic E-state index is 0.0619. The van der Waals surface area contributed by atoms with Crippen LogP contribution in [0.1, 0.15) is 29.2 Å². The van der Waals surface area contributed by atoms with E-state index in [0.717, 1.165) is 29.5 Å². The van der Waals surface area contributed by atoms with Gasteiger partial charge in [0.15, 0.2) is 0 Å². The van der Waals surface area contributed by atoms with E-state index < -0.39 is 0 Å². The van der Waals surface area contributed by atoms with Crippen LogP contribution >= 0.6 is 0 Å². The van der Waals surface area contributed by atoms with Crippen molar-refractivity contribution in [3.63, 3.8) is 0 Å². The molecule has 0 fully saturated rings. The molecule has 1 aliphatic rings. The topological polar surface area (TPSA) is 12.0 Å². The minimum atomic E-state index is -0.249. The lowest BCUT2D eigenvalue weighted by molar-refractivity contribution is 0.623. The summed E-state index contributed by atoms with van der Waals surface area (Å²) >= 11 is 0. The highest BCUT2D eigenvalue weighted by molar-refractivity contribution is 5.51. The Morgan fingerprint density at radius 2 is 1.95 bits per heavy atom. The number of benzene rings is 2. The fourth-order valence-corrected chi connectivity index (χ4v) is 2.67. The summed E-state index contributed by atoms with van der Waals surface area (Å²) in [4.78, 5) is 0. The van der Waals surface area contributed by atoms with Crippen LogP contribution in [0.4, 0.5) is 14.5 Å². The Morgan fingerprint density at radius 1 is 1.11 bits per heavy atom. The van der Waals surface area contributed by atoms with E-state index in [-0.39, 0.29) is 17.7 Å². The molecule has 2 aromatic rings. The van der Waals surface area contributed by atoms with Crippen LogP contribution in [-0.2, 0) is 6.42 Å². The molecule has 1 N–H and O–H groups in total. The third-order valence-corrected chi connectivity index (χ3v) is 3.63. The lowest BCUT2D eigenvalue weighted by atomic mass is 10.1. The van der Waals surface area contributed by atoms with Gasteiger partial charge in [0.1, 0.15) is 11.6 Å². The van der Waals surface area contributed by atoms with Gasteiger partial charge in [-0.05, 0) is 60.7 Å². The van der Waals surface area contributed by atoms with Gasteiger partial charge in [-0.2, -0.15) is 0 Å². The van der Waals surface area contributed by atoms with Crippen molar-refractivity contribution in [1.29, 1.82) is 0 Å². The Labute approximate surface area is 111 Å². The number of fused-ring (bicyclic) bond motifs is 1. The van der Waals surface area contributed by atoms with Crippen LogP contribution in [0.5, 0.6) is 0 Å². The molecule has 0 saturated heterocycles. The van der Waals surface area contributed by atoms with E-state index in [1.54, 1.807) is 24.3 Å². The van der Waals surface area contributed by atoms with Crippen molar-refractivity contribution in [2.75, 3.05) is 5.32 Å². The molecule has 0 bridgehead atoms. The van der Waals surface area contributed by atoms with Crippen LogP contribution in [0.15, 0.2) is 36.4 Å². The van der Waals surface area contributed by atoms with E-state index in [1.165, 1.54) is 12.1 Å². The van der Waals surface area contributed by atoms with Gasteiger partial charge in [-0.15, -0.1) is 0 Å². The molecule has 0 spiro atoms. The van der Waals surface area contributed by atoms with Gasteiger partial charge in [0.2, 0.25) is 0 Å². The number of halogens is 2. The fourth-order valence-electron chi connectivity index (χ4n) is 2.67. The third-order valence-electron chi connectivity index (χ3n) is 3.63. The van der Waals surface area contributed by atoms with E-state index >= 15 is 0 Å². The van der Waals surface area contributed by atoms with Crippen LogP contribution in [-0.4, -0.2) is 0 Å². The van der Waals surface area contributed by atoms with Gasteiger partial charge >= 0.3 is 0 Å². The molecule has 3 rings (SSSR count). The van der Waals surface area contributed by atoms with Crippen LogP contribution < -0.4 is 5.32 Å². The second kappa shape index (κ2) is 4.65. The number of hydrogen-bond acceptors (Lipinski definition) is 1. The van der Waals surface area contributed by atoms with Gasteiger partial charge in [-0.25, -0.2) is 8.78 Å². The summed E-state index contributed by atoms with van der Waals surface area (Å²) in [5, 5.41) is 3.23. The molecule has 0 radical (unpaired) electrons. The summed E-state index contributed by atoms with van der Waals surface area (Å²) < 4.78 is 26.9. The summed E-state index contributed by atoms with van der Waals surface area (Å²) in [6, 6.07) is 9.91. The third kappa shape index (κ3) is 2.33. The zero-order chi connectivity index (χ0) is 13.4. The first-order valence-corrected chi connectivity index (χ1v) is 6.44. The summed E-state index contributed by atoms with van der Waals surface area (Å²) in [5.41, 5.74) is 3.62. The first-order valence-electron chi connectivity index (χ1n) is 6.44. The number of nitrogens with one attached hydrogen (secondary N) is 1. The smallest absolute Gasteiger partial charge is 0.146 e. The maximum Gasteiger partial charge on any atom is 0.146 e. The van der Waals surface area contributed by atoms with Crippen molar-refractivity contribution in [3.05, 3.63) is 64.7 Å². The van der Waals surface area contributed by atoms with Gasteiger partial charge in [-0.1, -0.05) is 12.1 Å². The van der Waals surface area contributed by atoms with Gasteiger partial charge in [0.05, 0.1) is 11.7 Å². The molecule has 3 heteroatoms. The molecular formula is C16H15F2N. The average Bonchev–Trinajstić information content (AvgIpc) is 2.76. The maximum absolute atomic E-state index is 13.7. The average molecular weight is 259 g/mol. The molecule has 1 atom stereocenters. The highest BCUT2D eigenvalue weighted by Gasteiger charge is 2.23. The SMILES string of the molecule is Cc1ccc(F)c(NC2CCc3cc(F)ccc32)c1. The van der Waals surface area contributed by atoms with E-state index in [1.807, 2.05) is 6.92 Å².